The average Bonchev–Trinajstić information content (AvgIpc) is 2.38. The maximum atomic E-state index is 10.8. The Kier molecular flexibility index (Phi) is 3.78. The van der Waals surface area contributed by atoms with Crippen LogP contribution in [0.3, 0.4) is 0 Å². The summed E-state index contributed by atoms with van der Waals surface area (Å²) in [5.74, 6) is -0.978. The summed E-state index contributed by atoms with van der Waals surface area (Å²) in [6.07, 6.45) is 6.50. The molecule has 1 heterocycles. The monoisotopic (exact) mass is 262 g/mol. The van der Waals surface area contributed by atoms with Gasteiger partial charge < -0.3 is 10.0 Å². The molecule has 4 nitrogen and oxygen atoms in total. The van der Waals surface area contributed by atoms with E-state index in [0.29, 0.717) is 11.5 Å². The molecule has 1 aromatic rings. The van der Waals surface area contributed by atoms with Crippen molar-refractivity contribution in [3.05, 3.63) is 24.0 Å². The van der Waals surface area contributed by atoms with E-state index < -0.39 is 5.97 Å². The first-order chi connectivity index (χ1) is 8.89. The number of rotatable bonds is 3. The number of aromatic carboxylic acids is 1. The molecule has 19 heavy (non-hydrogen) atoms. The molecule has 0 unspecified atom stereocenters. The first-order valence-corrected chi connectivity index (χ1v) is 6.81. The predicted octanol–water partition coefficient (Wildman–Crippen LogP) is 3.18. The van der Waals surface area contributed by atoms with Crippen molar-refractivity contribution < 1.29 is 9.90 Å². The Bertz CT molecular complexity index is 444. The van der Waals surface area contributed by atoms with E-state index >= 15 is 0 Å². The van der Waals surface area contributed by atoms with Gasteiger partial charge in [-0.05, 0) is 43.2 Å². The molecular formula is C15H22N2O2. The van der Waals surface area contributed by atoms with Crippen LogP contribution in [-0.2, 0) is 0 Å². The Morgan fingerprint density at radius 1 is 1.37 bits per heavy atom. The van der Waals surface area contributed by atoms with E-state index in [0.717, 1.165) is 5.69 Å². The summed E-state index contributed by atoms with van der Waals surface area (Å²) in [6, 6.07) is 3.95. The summed E-state index contributed by atoms with van der Waals surface area (Å²) >= 11 is 0. The van der Waals surface area contributed by atoms with Crippen LogP contribution in [-0.4, -0.2) is 29.1 Å². The van der Waals surface area contributed by atoms with Crippen molar-refractivity contribution in [2.45, 2.75) is 45.6 Å². The van der Waals surface area contributed by atoms with Crippen molar-refractivity contribution in [2.24, 2.45) is 5.41 Å². The standard InChI is InChI=1S/C15H22N2O2/c1-15(2)8-6-11(7-9-15)17(3)12-4-5-13(14(18)19)16-10-12/h4-5,10-11H,6-9H2,1-3H3,(H,18,19). The number of hydrogen-bond donors (Lipinski definition) is 1. The quantitative estimate of drug-likeness (QED) is 0.909. The van der Waals surface area contributed by atoms with Crippen molar-refractivity contribution in [1.82, 2.24) is 4.98 Å². The number of carbonyl (C=O) groups is 1. The summed E-state index contributed by atoms with van der Waals surface area (Å²) < 4.78 is 0. The van der Waals surface area contributed by atoms with Crippen LogP contribution in [0.4, 0.5) is 5.69 Å². The SMILES string of the molecule is CN(c1ccc(C(=O)O)nc1)C1CCC(C)(C)CC1. The smallest absolute Gasteiger partial charge is 0.354 e. The normalized spacial score (nSPS) is 19.1. The van der Waals surface area contributed by atoms with Crippen molar-refractivity contribution in [2.75, 3.05) is 11.9 Å². The van der Waals surface area contributed by atoms with Crippen LogP contribution in [0.5, 0.6) is 0 Å². The second kappa shape index (κ2) is 5.19. The Morgan fingerprint density at radius 2 is 2.00 bits per heavy atom. The fraction of sp³-hybridized carbons (Fsp3) is 0.600. The molecule has 0 amide bonds. The number of carboxylic acid groups (broad SMARTS) is 1. The van der Waals surface area contributed by atoms with Crippen LogP contribution < -0.4 is 4.90 Å². The average molecular weight is 262 g/mol. The summed E-state index contributed by atoms with van der Waals surface area (Å²) in [5.41, 5.74) is 1.56. The minimum absolute atomic E-state index is 0.0990. The minimum atomic E-state index is -0.978. The third kappa shape index (κ3) is 3.25. The number of anilines is 1. The number of pyridine rings is 1. The molecule has 1 aromatic heterocycles. The van der Waals surface area contributed by atoms with Gasteiger partial charge >= 0.3 is 5.97 Å². The highest BCUT2D eigenvalue weighted by atomic mass is 16.4. The molecule has 1 aliphatic rings. The van der Waals surface area contributed by atoms with E-state index in [1.165, 1.54) is 25.7 Å². The van der Waals surface area contributed by atoms with E-state index in [1.54, 1.807) is 12.3 Å². The molecule has 104 valence electrons. The zero-order valence-electron chi connectivity index (χ0n) is 11.9. The summed E-state index contributed by atoms with van der Waals surface area (Å²) in [6.45, 7) is 4.65. The highest BCUT2D eigenvalue weighted by molar-refractivity contribution is 5.85. The van der Waals surface area contributed by atoms with Gasteiger partial charge in [0.25, 0.3) is 0 Å². The maximum Gasteiger partial charge on any atom is 0.354 e. The molecule has 1 N–H and O–H groups in total. The summed E-state index contributed by atoms with van der Waals surface area (Å²) in [7, 11) is 2.07. The van der Waals surface area contributed by atoms with Crippen LogP contribution in [0, 0.1) is 5.41 Å². The van der Waals surface area contributed by atoms with Crippen LogP contribution in [0.2, 0.25) is 0 Å². The van der Waals surface area contributed by atoms with Gasteiger partial charge in [-0.15, -0.1) is 0 Å². The third-order valence-corrected chi connectivity index (χ3v) is 4.23. The van der Waals surface area contributed by atoms with E-state index in [2.05, 4.69) is 30.8 Å². The van der Waals surface area contributed by atoms with E-state index in [1.807, 2.05) is 6.07 Å². The molecule has 0 radical (unpaired) electrons. The molecule has 0 spiro atoms. The van der Waals surface area contributed by atoms with Gasteiger partial charge in [0.05, 0.1) is 11.9 Å². The lowest BCUT2D eigenvalue weighted by molar-refractivity contribution is 0.0690. The minimum Gasteiger partial charge on any atom is -0.477 e. The Hall–Kier alpha value is -1.58. The van der Waals surface area contributed by atoms with Gasteiger partial charge in [-0.2, -0.15) is 0 Å². The van der Waals surface area contributed by atoms with E-state index in [-0.39, 0.29) is 5.69 Å². The van der Waals surface area contributed by atoms with Gasteiger partial charge in [0.2, 0.25) is 0 Å². The van der Waals surface area contributed by atoms with Crippen LogP contribution in [0.25, 0.3) is 0 Å². The second-order valence-corrected chi connectivity index (χ2v) is 6.21. The first kappa shape index (κ1) is 13.8. The summed E-state index contributed by atoms with van der Waals surface area (Å²) in [4.78, 5) is 17.0. The zero-order valence-corrected chi connectivity index (χ0v) is 11.9. The van der Waals surface area contributed by atoms with Gasteiger partial charge in [0.15, 0.2) is 0 Å². The first-order valence-electron chi connectivity index (χ1n) is 6.81. The van der Waals surface area contributed by atoms with Crippen molar-refractivity contribution in [1.29, 1.82) is 0 Å². The van der Waals surface area contributed by atoms with Gasteiger partial charge in [0, 0.05) is 13.1 Å². The van der Waals surface area contributed by atoms with E-state index in [9.17, 15) is 4.79 Å². The molecule has 2 rings (SSSR count). The van der Waals surface area contributed by atoms with Crippen LogP contribution in [0.1, 0.15) is 50.0 Å². The van der Waals surface area contributed by atoms with Crippen molar-refractivity contribution in [3.63, 3.8) is 0 Å². The van der Waals surface area contributed by atoms with Gasteiger partial charge in [0.1, 0.15) is 5.69 Å². The Balaban J connectivity index is 2.03. The van der Waals surface area contributed by atoms with Crippen LogP contribution >= 0.6 is 0 Å². The van der Waals surface area contributed by atoms with Crippen LogP contribution in [0.15, 0.2) is 18.3 Å². The molecule has 4 heteroatoms. The van der Waals surface area contributed by atoms with Crippen molar-refractivity contribution in [3.8, 4) is 0 Å². The Labute approximate surface area is 114 Å². The van der Waals surface area contributed by atoms with Gasteiger partial charge in [-0.25, -0.2) is 9.78 Å². The molecule has 0 atom stereocenters. The molecule has 0 saturated heterocycles. The third-order valence-electron chi connectivity index (χ3n) is 4.23. The highest BCUT2D eigenvalue weighted by Crippen LogP contribution is 2.37. The molecular weight excluding hydrogens is 240 g/mol. The zero-order chi connectivity index (χ0) is 14.0. The van der Waals surface area contributed by atoms with E-state index in [4.69, 9.17) is 5.11 Å². The van der Waals surface area contributed by atoms with Gasteiger partial charge in [-0.1, -0.05) is 13.8 Å². The van der Waals surface area contributed by atoms with Crippen molar-refractivity contribution >= 4 is 11.7 Å². The molecule has 1 fully saturated rings. The summed E-state index contributed by atoms with van der Waals surface area (Å²) in [5, 5.41) is 8.84. The molecule has 0 aromatic carbocycles. The second-order valence-electron chi connectivity index (χ2n) is 6.21. The fourth-order valence-electron chi connectivity index (χ4n) is 2.70. The number of carboxylic acids is 1. The fourth-order valence-corrected chi connectivity index (χ4v) is 2.70. The molecule has 0 aliphatic heterocycles. The highest BCUT2D eigenvalue weighted by Gasteiger charge is 2.29. The maximum absolute atomic E-state index is 10.8. The lowest BCUT2D eigenvalue weighted by Gasteiger charge is -2.39. The lowest BCUT2D eigenvalue weighted by Crippen LogP contribution is -2.37. The Morgan fingerprint density at radius 3 is 2.47 bits per heavy atom. The largest absolute Gasteiger partial charge is 0.477 e. The number of aromatic nitrogens is 1. The topological polar surface area (TPSA) is 53.4 Å². The predicted molar refractivity (Wildman–Crippen MR) is 75.6 cm³/mol. The molecule has 1 saturated carbocycles. The number of hydrogen-bond acceptors (Lipinski definition) is 3. The molecule has 0 bridgehead atoms. The lowest BCUT2D eigenvalue weighted by atomic mass is 9.75. The molecule has 1 aliphatic carbocycles. The number of nitrogens with zero attached hydrogens (tertiary/aromatic N) is 2. The van der Waals surface area contributed by atoms with Gasteiger partial charge in [-0.3, -0.25) is 0 Å².